The molecule has 0 radical (unpaired) electrons. The van der Waals surface area contributed by atoms with Crippen molar-refractivity contribution in [1.82, 2.24) is 0 Å². The smallest absolute Gasteiger partial charge is 0.381 e. The summed E-state index contributed by atoms with van der Waals surface area (Å²) in [6, 6.07) is 0. The number of nitrogens with zero attached hydrogens (tertiary/aromatic N) is 3. The van der Waals surface area contributed by atoms with Gasteiger partial charge in [-0.3, -0.25) is 0 Å². The summed E-state index contributed by atoms with van der Waals surface area (Å²) in [7, 11) is 0. The Kier molecular flexibility index (Phi) is 28.5. The molecular formula is C4H8AlN3O10. The normalized spacial score (nSPS) is 10.7. The molecule has 14 heteroatoms. The van der Waals surface area contributed by atoms with Gasteiger partial charge in [0.1, 0.15) is 0 Å². The van der Waals surface area contributed by atoms with E-state index in [0.29, 0.717) is 0 Å². The molecular weight excluding hydrogens is 277 g/mol. The van der Waals surface area contributed by atoms with Gasteiger partial charge in [0.05, 0.1) is 15.3 Å². The number of hydrogen-bond acceptors (Lipinski definition) is 10. The minimum Gasteiger partial charge on any atom is -0.381 e. The average molecular weight is 285 g/mol. The van der Waals surface area contributed by atoms with Crippen molar-refractivity contribution in [3.63, 3.8) is 0 Å². The van der Waals surface area contributed by atoms with Gasteiger partial charge < -0.3 is 50.7 Å². The summed E-state index contributed by atoms with van der Waals surface area (Å²) in [5, 5.41) is 44.2. The Morgan fingerprint density at radius 3 is 0.889 bits per heavy atom. The summed E-state index contributed by atoms with van der Waals surface area (Å²) < 4.78 is 4.94. The molecule has 0 saturated carbocycles. The van der Waals surface area contributed by atoms with Crippen LogP contribution in [0.25, 0.3) is 0 Å². The first-order chi connectivity index (χ1) is 7.70. The van der Waals surface area contributed by atoms with Gasteiger partial charge in [-0.1, -0.05) is 0 Å². The van der Waals surface area contributed by atoms with E-state index in [9.17, 15) is 0 Å². The van der Waals surface area contributed by atoms with Crippen molar-refractivity contribution in [3.8, 4) is 0 Å². The Balaban J connectivity index is -0.0000000719. The molecule has 1 saturated heterocycles. The van der Waals surface area contributed by atoms with Gasteiger partial charge in [-0.15, -0.1) is 0 Å². The fraction of sp³-hybridized carbons (Fsp3) is 1.00. The Labute approximate surface area is 110 Å². The van der Waals surface area contributed by atoms with Gasteiger partial charge in [-0.25, -0.2) is 0 Å². The fourth-order valence-electron chi connectivity index (χ4n) is 0.510. The number of rotatable bonds is 0. The summed E-state index contributed by atoms with van der Waals surface area (Å²) in [6.45, 7) is 2.00. The van der Waals surface area contributed by atoms with Gasteiger partial charge in [0.15, 0.2) is 0 Å². The van der Waals surface area contributed by atoms with Crippen molar-refractivity contribution in [1.29, 1.82) is 0 Å². The SMILES string of the molecule is C1CCOC1.O=[N+]([O-])[O-].O=[N+]([O-])[O-].O=[N+]([O-])[O-].[Al+3]. The third kappa shape index (κ3) is 253. The average Bonchev–Trinajstić information content (AvgIpc) is 2.53. The van der Waals surface area contributed by atoms with Crippen LogP contribution in [0.2, 0.25) is 0 Å². The van der Waals surface area contributed by atoms with Crippen LogP contribution in [0.3, 0.4) is 0 Å². The molecule has 0 aromatic rings. The first-order valence-corrected chi connectivity index (χ1v) is 3.72. The number of ether oxygens (including phenoxy) is 1. The van der Waals surface area contributed by atoms with Crippen molar-refractivity contribution >= 4 is 17.4 Å². The van der Waals surface area contributed by atoms with Gasteiger partial charge in [-0.05, 0) is 12.8 Å². The summed E-state index contributed by atoms with van der Waals surface area (Å²) in [6.07, 6.45) is 2.56. The summed E-state index contributed by atoms with van der Waals surface area (Å²) >= 11 is 0. The summed E-state index contributed by atoms with van der Waals surface area (Å²) in [4.78, 5) is 24.8. The summed E-state index contributed by atoms with van der Waals surface area (Å²) in [5.41, 5.74) is 0. The summed E-state index contributed by atoms with van der Waals surface area (Å²) in [5.74, 6) is 0. The molecule has 0 aromatic heterocycles. The van der Waals surface area contributed by atoms with E-state index in [0.717, 1.165) is 13.2 Å². The molecule has 18 heavy (non-hydrogen) atoms. The third-order valence-corrected chi connectivity index (χ3v) is 0.827. The van der Waals surface area contributed by atoms with Crippen molar-refractivity contribution in [2.45, 2.75) is 12.8 Å². The second-order valence-corrected chi connectivity index (χ2v) is 1.99. The maximum Gasteiger partial charge on any atom is 3.00 e. The Hall–Kier alpha value is -1.91. The van der Waals surface area contributed by atoms with Crippen LogP contribution in [0.1, 0.15) is 12.8 Å². The second kappa shape index (κ2) is 20.5. The molecule has 0 bridgehead atoms. The van der Waals surface area contributed by atoms with Gasteiger partial charge in [-0.2, -0.15) is 0 Å². The zero-order chi connectivity index (χ0) is 14.3. The standard InChI is InChI=1S/C4H8O.Al.3NO3/c1-2-4-5-3-1;;3*2-1(3)4/h1-4H2;;;;/q;+3;3*-1. The van der Waals surface area contributed by atoms with Gasteiger partial charge in [0, 0.05) is 13.2 Å². The van der Waals surface area contributed by atoms with Gasteiger partial charge in [0.25, 0.3) is 0 Å². The van der Waals surface area contributed by atoms with E-state index in [4.69, 9.17) is 50.7 Å². The van der Waals surface area contributed by atoms with E-state index in [-0.39, 0.29) is 17.4 Å². The van der Waals surface area contributed by atoms with E-state index in [1.807, 2.05) is 0 Å². The second-order valence-electron chi connectivity index (χ2n) is 1.99. The Morgan fingerprint density at radius 1 is 0.667 bits per heavy atom. The van der Waals surface area contributed by atoms with Crippen LogP contribution < -0.4 is 0 Å². The monoisotopic (exact) mass is 285 g/mol. The molecule has 1 fully saturated rings. The van der Waals surface area contributed by atoms with Gasteiger partial charge >= 0.3 is 17.4 Å². The minimum atomic E-state index is -1.75. The van der Waals surface area contributed by atoms with Crippen molar-refractivity contribution < 1.29 is 20.0 Å². The molecule has 13 nitrogen and oxygen atoms in total. The molecule has 0 spiro atoms. The first-order valence-electron chi connectivity index (χ1n) is 3.72. The van der Waals surface area contributed by atoms with Crippen molar-refractivity contribution in [3.05, 3.63) is 46.0 Å². The van der Waals surface area contributed by atoms with Crippen molar-refractivity contribution in [2.24, 2.45) is 0 Å². The van der Waals surface area contributed by atoms with Gasteiger partial charge in [0.2, 0.25) is 0 Å². The van der Waals surface area contributed by atoms with Crippen LogP contribution in [0, 0.1) is 46.0 Å². The molecule has 1 rings (SSSR count). The van der Waals surface area contributed by atoms with E-state index in [1.165, 1.54) is 12.8 Å². The van der Waals surface area contributed by atoms with Crippen LogP contribution in [0.4, 0.5) is 0 Å². The van der Waals surface area contributed by atoms with E-state index in [2.05, 4.69) is 0 Å². The van der Waals surface area contributed by atoms with Crippen LogP contribution in [0.5, 0.6) is 0 Å². The minimum absolute atomic E-state index is 0. The third-order valence-electron chi connectivity index (χ3n) is 0.827. The van der Waals surface area contributed by atoms with Crippen LogP contribution in [0.15, 0.2) is 0 Å². The molecule has 0 amide bonds. The molecule has 0 unspecified atom stereocenters. The topological polar surface area (TPSA) is 208 Å². The van der Waals surface area contributed by atoms with Crippen molar-refractivity contribution in [2.75, 3.05) is 13.2 Å². The molecule has 1 aliphatic rings. The predicted octanol–water partition coefficient (Wildman–Crippen LogP) is -0.301. The van der Waals surface area contributed by atoms with Crippen LogP contribution in [-0.2, 0) is 4.74 Å². The molecule has 0 N–H and O–H groups in total. The fourth-order valence-corrected chi connectivity index (χ4v) is 0.510. The van der Waals surface area contributed by atoms with E-state index in [1.54, 1.807) is 0 Å². The molecule has 102 valence electrons. The molecule has 1 aliphatic heterocycles. The molecule has 0 atom stereocenters. The zero-order valence-electron chi connectivity index (χ0n) is 8.83. The van der Waals surface area contributed by atoms with Crippen LogP contribution in [-0.4, -0.2) is 45.8 Å². The maximum atomic E-state index is 8.25. The predicted molar refractivity (Wildman–Crippen MR) is 56.9 cm³/mol. The maximum absolute atomic E-state index is 8.25. The van der Waals surface area contributed by atoms with Crippen LogP contribution >= 0.6 is 0 Å². The Bertz CT molecular complexity index is 173. The van der Waals surface area contributed by atoms with E-state index >= 15 is 0 Å². The van der Waals surface area contributed by atoms with E-state index < -0.39 is 15.3 Å². The zero-order valence-corrected chi connectivity index (χ0v) is 9.98. The Morgan fingerprint density at radius 2 is 0.833 bits per heavy atom. The quantitative estimate of drug-likeness (QED) is 0.322. The molecule has 1 heterocycles. The number of hydrogen-bond donors (Lipinski definition) is 0. The largest absolute Gasteiger partial charge is 3.00 e. The first kappa shape index (κ1) is 25.1. The molecule has 0 aromatic carbocycles. The molecule has 0 aliphatic carbocycles.